The molecule has 0 spiro atoms. The van der Waals surface area contributed by atoms with Gasteiger partial charge in [-0.3, -0.25) is 0 Å². The van der Waals surface area contributed by atoms with Crippen LogP contribution in [-0.2, 0) is 6.54 Å². The van der Waals surface area contributed by atoms with Crippen LogP contribution < -0.4 is 0 Å². The van der Waals surface area contributed by atoms with Gasteiger partial charge in [0, 0.05) is 28.1 Å². The molecule has 0 bridgehead atoms. The number of benzene rings is 2. The van der Waals surface area contributed by atoms with Crippen molar-refractivity contribution in [2.45, 2.75) is 6.54 Å². The van der Waals surface area contributed by atoms with E-state index < -0.39 is 0 Å². The molecule has 1 heterocycles. The highest BCUT2D eigenvalue weighted by Crippen LogP contribution is 2.22. The Labute approximate surface area is 124 Å². The zero-order chi connectivity index (χ0) is 14.1. The van der Waals surface area contributed by atoms with Gasteiger partial charge < -0.3 is 4.57 Å². The Morgan fingerprint density at radius 2 is 2.00 bits per heavy atom. The third-order valence-electron chi connectivity index (χ3n) is 3.17. The molecule has 0 aliphatic carbocycles. The molecule has 3 rings (SSSR count). The summed E-state index contributed by atoms with van der Waals surface area (Å²) in [6, 6.07) is 14.5. The molecule has 0 amide bonds. The maximum atomic E-state index is 13.4. The molecular weight excluding hydrogens is 319 g/mol. The van der Waals surface area contributed by atoms with Crippen LogP contribution in [0.5, 0.6) is 0 Å². The van der Waals surface area contributed by atoms with Gasteiger partial charge in [-0.05, 0) is 48.0 Å². The Kier molecular flexibility index (Phi) is 3.29. The smallest absolute Gasteiger partial charge is 0.124 e. The Hall–Kier alpha value is -2.12. The number of rotatable bonds is 2. The molecular formula is C16H10BrFN2. The van der Waals surface area contributed by atoms with E-state index in [-0.39, 0.29) is 5.82 Å². The highest BCUT2D eigenvalue weighted by atomic mass is 79.9. The molecule has 2 nitrogen and oxygen atoms in total. The predicted molar refractivity (Wildman–Crippen MR) is 79.9 cm³/mol. The first-order valence-corrected chi connectivity index (χ1v) is 6.89. The van der Waals surface area contributed by atoms with Crippen LogP contribution in [-0.4, -0.2) is 4.57 Å². The molecule has 20 heavy (non-hydrogen) atoms. The van der Waals surface area contributed by atoms with E-state index in [4.69, 9.17) is 5.26 Å². The lowest BCUT2D eigenvalue weighted by atomic mass is 10.1. The van der Waals surface area contributed by atoms with Crippen molar-refractivity contribution >= 4 is 26.8 Å². The molecule has 0 aliphatic heterocycles. The molecule has 3 aromatic rings. The highest BCUT2D eigenvalue weighted by Gasteiger charge is 2.05. The van der Waals surface area contributed by atoms with Crippen molar-refractivity contribution in [3.63, 3.8) is 0 Å². The van der Waals surface area contributed by atoms with Gasteiger partial charge in [-0.25, -0.2) is 4.39 Å². The monoisotopic (exact) mass is 328 g/mol. The van der Waals surface area contributed by atoms with E-state index in [1.807, 2.05) is 41.1 Å². The lowest BCUT2D eigenvalue weighted by molar-refractivity contribution is 0.623. The van der Waals surface area contributed by atoms with Crippen molar-refractivity contribution in [1.82, 2.24) is 4.57 Å². The molecule has 98 valence electrons. The number of nitrogens with zero attached hydrogens (tertiary/aromatic N) is 2. The number of fused-ring (bicyclic) bond motifs is 1. The SMILES string of the molecule is N#Cc1cc(F)cc(Cn2ccc3cc(Br)ccc32)c1. The van der Waals surface area contributed by atoms with Gasteiger partial charge in [-0.2, -0.15) is 5.26 Å². The van der Waals surface area contributed by atoms with Crippen LogP contribution in [0.1, 0.15) is 11.1 Å². The zero-order valence-corrected chi connectivity index (χ0v) is 12.1. The van der Waals surface area contributed by atoms with Crippen LogP contribution in [0.25, 0.3) is 10.9 Å². The van der Waals surface area contributed by atoms with Crippen molar-refractivity contribution in [1.29, 1.82) is 5.26 Å². The van der Waals surface area contributed by atoms with E-state index in [9.17, 15) is 4.39 Å². The minimum atomic E-state index is -0.377. The Balaban J connectivity index is 2.01. The maximum Gasteiger partial charge on any atom is 0.124 e. The Morgan fingerprint density at radius 1 is 1.15 bits per heavy atom. The first-order valence-electron chi connectivity index (χ1n) is 6.10. The second-order valence-electron chi connectivity index (χ2n) is 4.61. The summed E-state index contributed by atoms with van der Waals surface area (Å²) in [6.45, 7) is 0.539. The highest BCUT2D eigenvalue weighted by molar-refractivity contribution is 9.10. The van der Waals surface area contributed by atoms with E-state index >= 15 is 0 Å². The van der Waals surface area contributed by atoms with Crippen molar-refractivity contribution in [3.05, 3.63) is 70.1 Å². The van der Waals surface area contributed by atoms with Crippen LogP contribution in [0.2, 0.25) is 0 Å². The van der Waals surface area contributed by atoms with E-state index in [1.54, 1.807) is 6.07 Å². The van der Waals surface area contributed by atoms with Crippen LogP contribution >= 0.6 is 15.9 Å². The number of hydrogen-bond acceptors (Lipinski definition) is 1. The average molecular weight is 329 g/mol. The third kappa shape index (κ3) is 2.45. The maximum absolute atomic E-state index is 13.4. The summed E-state index contributed by atoms with van der Waals surface area (Å²) in [7, 11) is 0. The van der Waals surface area contributed by atoms with Crippen LogP contribution in [0.3, 0.4) is 0 Å². The number of halogens is 2. The van der Waals surface area contributed by atoms with Crippen LogP contribution in [0.15, 0.2) is 53.1 Å². The van der Waals surface area contributed by atoms with Gasteiger partial charge in [-0.1, -0.05) is 15.9 Å². The minimum Gasteiger partial charge on any atom is -0.343 e. The van der Waals surface area contributed by atoms with E-state index in [0.717, 1.165) is 20.9 Å². The number of hydrogen-bond donors (Lipinski definition) is 0. The fourth-order valence-electron chi connectivity index (χ4n) is 2.31. The van der Waals surface area contributed by atoms with Crippen LogP contribution in [0, 0.1) is 17.1 Å². The molecule has 4 heteroatoms. The van der Waals surface area contributed by atoms with Crippen molar-refractivity contribution in [3.8, 4) is 6.07 Å². The Bertz CT molecular complexity index is 830. The number of aromatic nitrogens is 1. The van der Waals surface area contributed by atoms with Gasteiger partial charge in [0.2, 0.25) is 0 Å². The molecule has 0 saturated heterocycles. The van der Waals surface area contributed by atoms with Crippen molar-refractivity contribution in [2.75, 3.05) is 0 Å². The summed E-state index contributed by atoms with van der Waals surface area (Å²) < 4.78 is 16.5. The summed E-state index contributed by atoms with van der Waals surface area (Å²) in [5, 5.41) is 10.0. The van der Waals surface area contributed by atoms with Gasteiger partial charge in [0.25, 0.3) is 0 Å². The molecule has 0 radical (unpaired) electrons. The zero-order valence-electron chi connectivity index (χ0n) is 10.5. The normalized spacial score (nSPS) is 10.7. The lowest BCUT2D eigenvalue weighted by Gasteiger charge is -2.06. The average Bonchev–Trinajstić information content (AvgIpc) is 2.80. The molecule has 0 aliphatic rings. The van der Waals surface area contributed by atoms with Gasteiger partial charge in [-0.15, -0.1) is 0 Å². The van der Waals surface area contributed by atoms with E-state index in [1.165, 1.54) is 12.1 Å². The lowest BCUT2D eigenvalue weighted by Crippen LogP contribution is -1.99. The summed E-state index contributed by atoms with van der Waals surface area (Å²) in [4.78, 5) is 0. The predicted octanol–water partition coefficient (Wildman–Crippen LogP) is 4.46. The minimum absolute atomic E-state index is 0.346. The fraction of sp³-hybridized carbons (Fsp3) is 0.0625. The molecule has 0 fully saturated rings. The number of nitriles is 1. The van der Waals surface area contributed by atoms with Gasteiger partial charge in [0.15, 0.2) is 0 Å². The van der Waals surface area contributed by atoms with Gasteiger partial charge >= 0.3 is 0 Å². The molecule has 0 unspecified atom stereocenters. The first-order chi connectivity index (χ1) is 9.65. The van der Waals surface area contributed by atoms with Crippen molar-refractivity contribution < 1.29 is 4.39 Å². The third-order valence-corrected chi connectivity index (χ3v) is 3.67. The second kappa shape index (κ2) is 5.10. The molecule has 0 saturated carbocycles. The molecule has 2 aromatic carbocycles. The second-order valence-corrected chi connectivity index (χ2v) is 5.52. The standard InChI is InChI=1S/C16H10BrFN2/c17-14-1-2-16-13(8-14)3-4-20(16)10-12-5-11(9-19)6-15(18)7-12/h1-8H,10H2. The Morgan fingerprint density at radius 3 is 2.80 bits per heavy atom. The van der Waals surface area contributed by atoms with Gasteiger partial charge in [0.1, 0.15) is 5.82 Å². The summed E-state index contributed by atoms with van der Waals surface area (Å²) in [5.74, 6) is -0.377. The molecule has 1 aromatic heterocycles. The molecule has 0 N–H and O–H groups in total. The largest absolute Gasteiger partial charge is 0.343 e. The quantitative estimate of drug-likeness (QED) is 0.682. The van der Waals surface area contributed by atoms with E-state index in [0.29, 0.717) is 12.1 Å². The molecule has 0 atom stereocenters. The van der Waals surface area contributed by atoms with Crippen LogP contribution in [0.4, 0.5) is 4.39 Å². The van der Waals surface area contributed by atoms with E-state index in [2.05, 4.69) is 15.9 Å². The topological polar surface area (TPSA) is 28.7 Å². The summed E-state index contributed by atoms with van der Waals surface area (Å²) in [6.07, 6.45) is 1.97. The fourth-order valence-corrected chi connectivity index (χ4v) is 2.69. The van der Waals surface area contributed by atoms with Crippen molar-refractivity contribution in [2.24, 2.45) is 0 Å². The first kappa shape index (κ1) is 12.9. The van der Waals surface area contributed by atoms with Gasteiger partial charge in [0.05, 0.1) is 11.6 Å². The summed E-state index contributed by atoms with van der Waals surface area (Å²) in [5.41, 5.74) is 2.21. The summed E-state index contributed by atoms with van der Waals surface area (Å²) >= 11 is 3.44.